The molecule has 0 aromatic heterocycles. The highest BCUT2D eigenvalue weighted by Gasteiger charge is 2.31. The van der Waals surface area contributed by atoms with Crippen LogP contribution in [0.1, 0.15) is 18.0 Å². The Morgan fingerprint density at radius 2 is 1.76 bits per heavy atom. The van der Waals surface area contributed by atoms with E-state index in [9.17, 15) is 4.79 Å². The highest BCUT2D eigenvalue weighted by atomic mass is 35.5. The van der Waals surface area contributed by atoms with Gasteiger partial charge in [0.1, 0.15) is 5.71 Å². The first-order valence-corrected chi connectivity index (χ1v) is 7.28. The third-order valence-electron chi connectivity index (χ3n) is 3.41. The summed E-state index contributed by atoms with van der Waals surface area (Å²) in [6.45, 7) is 0. The molecule has 1 aliphatic rings. The molecule has 0 fully saturated rings. The van der Waals surface area contributed by atoms with Crippen molar-refractivity contribution in [3.63, 3.8) is 0 Å². The van der Waals surface area contributed by atoms with E-state index in [1.807, 2.05) is 47.5 Å². The number of hydrazone groups is 1. The van der Waals surface area contributed by atoms with Crippen molar-refractivity contribution in [2.45, 2.75) is 12.5 Å². The molecule has 1 unspecified atom stereocenters. The van der Waals surface area contributed by atoms with E-state index in [1.54, 1.807) is 12.1 Å². The first kappa shape index (κ1) is 14.1. The van der Waals surface area contributed by atoms with Gasteiger partial charge >= 0.3 is 0 Å². The van der Waals surface area contributed by atoms with Gasteiger partial charge in [0.25, 0.3) is 5.24 Å². The minimum atomic E-state index is -0.507. The van der Waals surface area contributed by atoms with Crippen LogP contribution in [0.25, 0.3) is 0 Å². The molecule has 0 bridgehead atoms. The molecule has 0 saturated carbocycles. The van der Waals surface area contributed by atoms with E-state index < -0.39 is 5.24 Å². The Morgan fingerprint density at radius 3 is 2.38 bits per heavy atom. The zero-order chi connectivity index (χ0) is 14.8. The zero-order valence-electron chi connectivity index (χ0n) is 11.0. The van der Waals surface area contributed by atoms with Crippen molar-refractivity contribution < 1.29 is 4.79 Å². The molecule has 2 aromatic carbocycles. The number of anilines is 1. The monoisotopic (exact) mass is 318 g/mol. The maximum Gasteiger partial charge on any atom is 0.268 e. The number of rotatable bonds is 3. The highest BCUT2D eigenvalue weighted by Crippen LogP contribution is 2.35. The second kappa shape index (κ2) is 5.88. The molecule has 0 aliphatic carbocycles. The van der Waals surface area contributed by atoms with Crippen molar-refractivity contribution in [1.82, 2.24) is 0 Å². The van der Waals surface area contributed by atoms with Crippen molar-refractivity contribution >= 4 is 39.8 Å². The molecule has 0 amide bonds. The number of benzene rings is 2. The predicted octanol–water partition coefficient (Wildman–Crippen LogP) is 4.41. The first-order chi connectivity index (χ1) is 10.1. The van der Waals surface area contributed by atoms with E-state index in [0.29, 0.717) is 17.2 Å². The molecule has 1 atom stereocenters. The molecular weight excluding hydrogens is 307 g/mol. The van der Waals surface area contributed by atoms with Crippen LogP contribution in [0.4, 0.5) is 5.69 Å². The SMILES string of the molecule is O=C(Cl)C1=NN(c2ccc(Cl)cc2)C(c2ccccc2)C1. The maximum absolute atomic E-state index is 11.4. The lowest BCUT2D eigenvalue weighted by Crippen LogP contribution is -2.18. The van der Waals surface area contributed by atoms with Gasteiger partial charge in [0.15, 0.2) is 0 Å². The summed E-state index contributed by atoms with van der Waals surface area (Å²) in [6, 6.07) is 17.3. The molecule has 21 heavy (non-hydrogen) atoms. The zero-order valence-corrected chi connectivity index (χ0v) is 12.6. The van der Waals surface area contributed by atoms with E-state index in [4.69, 9.17) is 23.2 Å². The summed E-state index contributed by atoms with van der Waals surface area (Å²) in [5, 5.41) is 6.34. The van der Waals surface area contributed by atoms with Gasteiger partial charge in [0, 0.05) is 11.4 Å². The lowest BCUT2D eigenvalue weighted by molar-refractivity contribution is -0.106. The van der Waals surface area contributed by atoms with E-state index in [2.05, 4.69) is 5.10 Å². The minimum absolute atomic E-state index is 0.0370. The Morgan fingerprint density at radius 1 is 1.10 bits per heavy atom. The van der Waals surface area contributed by atoms with Crippen LogP contribution in [0.5, 0.6) is 0 Å². The van der Waals surface area contributed by atoms with Crippen LogP contribution >= 0.6 is 23.2 Å². The van der Waals surface area contributed by atoms with Gasteiger partial charge in [-0.25, -0.2) is 0 Å². The van der Waals surface area contributed by atoms with Crippen LogP contribution < -0.4 is 5.01 Å². The Kier molecular flexibility index (Phi) is 3.95. The Bertz CT molecular complexity index is 683. The standard InChI is InChI=1S/C16H12Cl2N2O/c17-12-6-8-13(9-7-12)20-15(10-14(19-20)16(18)21)11-4-2-1-3-5-11/h1-9,15H,10H2. The van der Waals surface area contributed by atoms with Crippen LogP contribution in [-0.2, 0) is 4.79 Å². The second-order valence-corrected chi connectivity index (χ2v) is 5.55. The lowest BCUT2D eigenvalue weighted by atomic mass is 10.0. The summed E-state index contributed by atoms with van der Waals surface area (Å²) < 4.78 is 0. The summed E-state index contributed by atoms with van der Waals surface area (Å²) in [4.78, 5) is 11.4. The number of hydrogen-bond donors (Lipinski definition) is 0. The fraction of sp³-hybridized carbons (Fsp3) is 0.125. The van der Waals surface area contributed by atoms with Crippen LogP contribution in [0, 0.1) is 0 Å². The second-order valence-electron chi connectivity index (χ2n) is 4.77. The molecule has 3 nitrogen and oxygen atoms in total. The Labute approximate surface area is 132 Å². The number of hydrogen-bond acceptors (Lipinski definition) is 3. The normalized spacial score (nSPS) is 17.7. The molecule has 2 aromatic rings. The predicted molar refractivity (Wildman–Crippen MR) is 86.0 cm³/mol. The van der Waals surface area contributed by atoms with Crippen LogP contribution in [-0.4, -0.2) is 11.0 Å². The maximum atomic E-state index is 11.4. The molecule has 0 radical (unpaired) electrons. The molecule has 0 saturated heterocycles. The smallest absolute Gasteiger partial charge is 0.268 e. The number of carbonyl (C=O) groups excluding carboxylic acids is 1. The van der Waals surface area contributed by atoms with E-state index in [-0.39, 0.29) is 6.04 Å². The topological polar surface area (TPSA) is 32.7 Å². The third kappa shape index (κ3) is 2.94. The average Bonchev–Trinajstić information content (AvgIpc) is 2.94. The van der Waals surface area contributed by atoms with Crippen molar-refractivity contribution in [2.75, 3.05) is 5.01 Å². The highest BCUT2D eigenvalue weighted by molar-refractivity contribution is 6.82. The van der Waals surface area contributed by atoms with Gasteiger partial charge in [-0.05, 0) is 41.4 Å². The Hall–Kier alpha value is -1.84. The van der Waals surface area contributed by atoms with Gasteiger partial charge in [-0.3, -0.25) is 9.80 Å². The summed E-state index contributed by atoms with van der Waals surface area (Å²) in [5.74, 6) is 0. The number of carbonyl (C=O) groups is 1. The first-order valence-electron chi connectivity index (χ1n) is 6.52. The molecule has 0 N–H and O–H groups in total. The largest absolute Gasteiger partial charge is 0.274 e. The van der Waals surface area contributed by atoms with Gasteiger partial charge < -0.3 is 0 Å². The van der Waals surface area contributed by atoms with E-state index in [1.165, 1.54) is 0 Å². The van der Waals surface area contributed by atoms with Crippen molar-refractivity contribution in [3.8, 4) is 0 Å². The minimum Gasteiger partial charge on any atom is -0.274 e. The number of nitrogens with zero attached hydrogens (tertiary/aromatic N) is 2. The molecule has 0 spiro atoms. The summed E-state index contributed by atoms with van der Waals surface area (Å²) in [5.41, 5.74) is 2.34. The van der Waals surface area contributed by atoms with Gasteiger partial charge in [-0.15, -0.1) is 0 Å². The van der Waals surface area contributed by atoms with E-state index >= 15 is 0 Å². The Balaban J connectivity index is 2.00. The average molecular weight is 319 g/mol. The lowest BCUT2D eigenvalue weighted by Gasteiger charge is -2.24. The number of halogens is 2. The quantitative estimate of drug-likeness (QED) is 0.785. The molecule has 3 rings (SSSR count). The van der Waals surface area contributed by atoms with Gasteiger partial charge in [-0.2, -0.15) is 5.10 Å². The van der Waals surface area contributed by atoms with Crippen molar-refractivity contribution in [2.24, 2.45) is 5.10 Å². The van der Waals surface area contributed by atoms with Crippen molar-refractivity contribution in [3.05, 3.63) is 65.2 Å². The molecule has 1 heterocycles. The van der Waals surface area contributed by atoms with Gasteiger partial charge in [0.05, 0.1) is 11.7 Å². The molecule has 5 heteroatoms. The van der Waals surface area contributed by atoms with Crippen LogP contribution in [0.15, 0.2) is 59.7 Å². The molecule has 106 valence electrons. The third-order valence-corrected chi connectivity index (χ3v) is 3.88. The van der Waals surface area contributed by atoms with Crippen LogP contribution in [0.2, 0.25) is 5.02 Å². The summed E-state index contributed by atoms with van der Waals surface area (Å²) in [6.07, 6.45) is 0.495. The van der Waals surface area contributed by atoms with Gasteiger partial charge in [0.2, 0.25) is 0 Å². The molecular formula is C16H12Cl2N2O. The van der Waals surface area contributed by atoms with E-state index in [0.717, 1.165) is 11.3 Å². The summed E-state index contributed by atoms with van der Waals surface area (Å²) >= 11 is 11.5. The van der Waals surface area contributed by atoms with Crippen molar-refractivity contribution in [1.29, 1.82) is 0 Å². The fourth-order valence-electron chi connectivity index (χ4n) is 2.40. The van der Waals surface area contributed by atoms with Crippen LogP contribution in [0.3, 0.4) is 0 Å². The van der Waals surface area contributed by atoms with Gasteiger partial charge in [-0.1, -0.05) is 41.9 Å². The fourth-order valence-corrected chi connectivity index (χ4v) is 2.64. The molecule has 1 aliphatic heterocycles. The summed E-state index contributed by atoms with van der Waals surface area (Å²) in [7, 11) is 0.